The Bertz CT molecular complexity index is 1020. The number of unbranched alkanes of at least 4 members (excludes halogenated alkanes) is 5. The fraction of sp³-hybridized carbons (Fsp3) is 0.467. The van der Waals surface area contributed by atoms with E-state index in [0.717, 1.165) is 10.8 Å². The zero-order valence-corrected chi connectivity index (χ0v) is 25.0. The summed E-state index contributed by atoms with van der Waals surface area (Å²) in [5, 5.41) is 1.01. The summed E-state index contributed by atoms with van der Waals surface area (Å²) in [6, 6.07) is 17.5. The van der Waals surface area contributed by atoms with Gasteiger partial charge in [-0.15, -0.1) is 22.7 Å². The van der Waals surface area contributed by atoms with E-state index in [0.29, 0.717) is 19.8 Å². The molecule has 0 atom stereocenters. The lowest BCUT2D eigenvalue weighted by Crippen LogP contribution is -2.56. The molecule has 0 N–H and O–H groups in total. The van der Waals surface area contributed by atoms with Crippen molar-refractivity contribution >= 4 is 48.8 Å². The second-order valence-corrected chi connectivity index (χ2v) is 13.6. The van der Waals surface area contributed by atoms with Crippen molar-refractivity contribution in [3.05, 3.63) is 63.8 Å². The molecule has 1 aromatic carbocycles. The summed E-state index contributed by atoms with van der Waals surface area (Å²) in [6.07, 6.45) is 13.7. The molecule has 0 fully saturated rings. The molecule has 0 aliphatic rings. The Kier molecular flexibility index (Phi) is 12.6. The van der Waals surface area contributed by atoms with Gasteiger partial charge in [-0.1, -0.05) is 69.4 Å². The Balaban J connectivity index is 1.59. The molecule has 0 aliphatic heterocycles. The number of rotatable bonds is 17. The van der Waals surface area contributed by atoms with Gasteiger partial charge >= 0.3 is 8.80 Å². The largest absolute Gasteiger partial charge is 0.537 e. The van der Waals surface area contributed by atoms with E-state index >= 15 is 0 Å². The molecule has 2 heterocycles. The van der Waals surface area contributed by atoms with Crippen LogP contribution in [0.1, 0.15) is 81.5 Å². The van der Waals surface area contributed by atoms with Gasteiger partial charge in [0.2, 0.25) is 0 Å². The van der Waals surface area contributed by atoms with Crippen LogP contribution in [0.2, 0.25) is 0 Å². The fourth-order valence-corrected chi connectivity index (χ4v) is 8.74. The lowest BCUT2D eigenvalue weighted by Gasteiger charge is -2.28. The molecule has 0 radical (unpaired) electrons. The average molecular weight is 543 g/mol. The molecular weight excluding hydrogens is 501 g/mol. The minimum atomic E-state index is -2.85. The first-order valence-corrected chi connectivity index (χ1v) is 16.9. The maximum atomic E-state index is 6.03. The summed E-state index contributed by atoms with van der Waals surface area (Å²) in [6.45, 7) is 9.94. The zero-order valence-electron chi connectivity index (χ0n) is 22.4. The monoisotopic (exact) mass is 542 g/mol. The van der Waals surface area contributed by atoms with Crippen molar-refractivity contribution in [3.8, 4) is 9.75 Å². The van der Waals surface area contributed by atoms with E-state index in [9.17, 15) is 0 Å². The highest BCUT2D eigenvalue weighted by atomic mass is 32.1. The van der Waals surface area contributed by atoms with E-state index in [2.05, 4.69) is 67.6 Å². The Morgan fingerprint density at radius 3 is 1.92 bits per heavy atom. The highest BCUT2D eigenvalue weighted by molar-refractivity contribution is 7.22. The van der Waals surface area contributed by atoms with Crippen molar-refractivity contribution in [3.63, 3.8) is 0 Å². The molecule has 0 spiro atoms. The van der Waals surface area contributed by atoms with Crippen LogP contribution in [0.3, 0.4) is 0 Å². The highest BCUT2D eigenvalue weighted by Crippen LogP contribution is 2.35. The molecule has 2 aromatic heterocycles. The van der Waals surface area contributed by atoms with Gasteiger partial charge < -0.3 is 13.3 Å². The van der Waals surface area contributed by atoms with Gasteiger partial charge in [-0.3, -0.25) is 0 Å². The zero-order chi connectivity index (χ0) is 25.6. The minimum absolute atomic E-state index is 0.569. The third-order valence-electron chi connectivity index (χ3n) is 6.02. The standard InChI is InChI=1S/C30H42O3S2Si/c1-5-9-10-11-12-13-14-26-19-23-29(34-26)30-24-20-27(35-30)18-15-25-16-21-28(22-17-25)36(31-6-2,32-7-3)33-8-4/h15-24H,5-14H2,1-4H3. The summed E-state index contributed by atoms with van der Waals surface area (Å²) in [4.78, 5) is 5.51. The maximum Gasteiger partial charge on any atom is 0.537 e. The molecular formula is C30H42O3S2Si. The second kappa shape index (κ2) is 15.6. The van der Waals surface area contributed by atoms with Crippen LogP contribution in [-0.2, 0) is 19.7 Å². The lowest BCUT2D eigenvalue weighted by atomic mass is 10.1. The first kappa shape index (κ1) is 29.0. The third kappa shape index (κ3) is 8.50. The van der Waals surface area contributed by atoms with Crippen LogP contribution in [0.4, 0.5) is 0 Å². The van der Waals surface area contributed by atoms with Crippen LogP contribution < -0.4 is 5.19 Å². The van der Waals surface area contributed by atoms with Gasteiger partial charge in [0, 0.05) is 44.5 Å². The fourth-order valence-electron chi connectivity index (χ4n) is 4.22. The molecule has 6 heteroatoms. The van der Waals surface area contributed by atoms with Gasteiger partial charge in [0.1, 0.15) is 0 Å². The van der Waals surface area contributed by atoms with E-state index in [1.54, 1.807) is 0 Å². The number of hydrogen-bond donors (Lipinski definition) is 0. The molecule has 0 amide bonds. The quantitative estimate of drug-likeness (QED) is 0.126. The van der Waals surface area contributed by atoms with Crippen LogP contribution >= 0.6 is 22.7 Å². The highest BCUT2D eigenvalue weighted by Gasteiger charge is 2.43. The van der Waals surface area contributed by atoms with Gasteiger partial charge in [0.05, 0.1) is 0 Å². The molecule has 3 rings (SSSR count). The van der Waals surface area contributed by atoms with Crippen molar-refractivity contribution < 1.29 is 13.3 Å². The van der Waals surface area contributed by atoms with E-state index in [1.165, 1.54) is 64.5 Å². The van der Waals surface area contributed by atoms with Crippen molar-refractivity contribution in [1.29, 1.82) is 0 Å². The summed E-state index contributed by atoms with van der Waals surface area (Å²) in [7, 11) is -2.85. The Hall–Kier alpha value is -1.54. The number of aryl methyl sites for hydroxylation is 1. The van der Waals surface area contributed by atoms with Crippen LogP contribution in [0.15, 0.2) is 48.5 Å². The summed E-state index contributed by atoms with van der Waals surface area (Å²) < 4.78 is 18.1. The Morgan fingerprint density at radius 2 is 1.25 bits per heavy atom. The van der Waals surface area contributed by atoms with Crippen LogP contribution in [0.25, 0.3) is 21.9 Å². The topological polar surface area (TPSA) is 27.7 Å². The minimum Gasteiger partial charge on any atom is -0.370 e. The van der Waals surface area contributed by atoms with Crippen LogP contribution in [-0.4, -0.2) is 28.6 Å². The summed E-state index contributed by atoms with van der Waals surface area (Å²) >= 11 is 3.81. The van der Waals surface area contributed by atoms with Gasteiger partial charge in [0.25, 0.3) is 0 Å². The van der Waals surface area contributed by atoms with E-state index in [1.807, 2.05) is 43.4 Å². The molecule has 196 valence electrons. The molecule has 0 saturated carbocycles. The Morgan fingerprint density at radius 1 is 0.639 bits per heavy atom. The van der Waals surface area contributed by atoms with Crippen LogP contribution in [0.5, 0.6) is 0 Å². The number of benzene rings is 1. The SMILES string of the molecule is CCCCCCCCc1ccc(-c2ccc(C=Cc3ccc([Si](OCC)(OCC)OCC)cc3)s2)s1. The van der Waals surface area contributed by atoms with Crippen molar-refractivity contribution in [1.82, 2.24) is 0 Å². The van der Waals surface area contributed by atoms with Crippen LogP contribution in [0, 0.1) is 0 Å². The third-order valence-corrected chi connectivity index (χ3v) is 11.5. The molecule has 0 aliphatic carbocycles. The maximum absolute atomic E-state index is 6.03. The average Bonchev–Trinajstić information content (AvgIpc) is 3.55. The Labute approximate surface area is 227 Å². The predicted molar refractivity (Wildman–Crippen MR) is 160 cm³/mol. The normalized spacial score (nSPS) is 12.1. The molecule has 0 saturated heterocycles. The first-order chi connectivity index (χ1) is 17.6. The molecule has 0 unspecified atom stereocenters. The number of hydrogen-bond acceptors (Lipinski definition) is 5. The van der Waals surface area contributed by atoms with Crippen molar-refractivity contribution in [2.24, 2.45) is 0 Å². The number of thiophene rings is 2. The second-order valence-electron chi connectivity index (χ2n) is 8.80. The van der Waals surface area contributed by atoms with Crippen molar-refractivity contribution in [2.75, 3.05) is 19.8 Å². The molecule has 0 bridgehead atoms. The molecule has 36 heavy (non-hydrogen) atoms. The van der Waals surface area contributed by atoms with Gasteiger partial charge in [-0.25, -0.2) is 0 Å². The smallest absolute Gasteiger partial charge is 0.370 e. The van der Waals surface area contributed by atoms with Crippen molar-refractivity contribution in [2.45, 2.75) is 72.6 Å². The van der Waals surface area contributed by atoms with Gasteiger partial charge in [-0.2, -0.15) is 0 Å². The molecule has 3 nitrogen and oxygen atoms in total. The summed E-state index contributed by atoms with van der Waals surface area (Å²) in [5.41, 5.74) is 1.15. The first-order valence-electron chi connectivity index (χ1n) is 13.5. The van der Waals surface area contributed by atoms with E-state index in [4.69, 9.17) is 13.3 Å². The molecule has 3 aromatic rings. The lowest BCUT2D eigenvalue weighted by molar-refractivity contribution is 0.0859. The van der Waals surface area contributed by atoms with Gasteiger partial charge in [0.15, 0.2) is 0 Å². The van der Waals surface area contributed by atoms with Gasteiger partial charge in [-0.05, 0) is 69.5 Å². The summed E-state index contributed by atoms with van der Waals surface area (Å²) in [5.74, 6) is 0. The predicted octanol–water partition coefficient (Wildman–Crippen LogP) is 8.81. The van der Waals surface area contributed by atoms with E-state index < -0.39 is 8.80 Å². The van der Waals surface area contributed by atoms with E-state index in [-0.39, 0.29) is 0 Å².